The van der Waals surface area contributed by atoms with Gasteiger partial charge < -0.3 is 10.3 Å². The third-order valence-corrected chi connectivity index (χ3v) is 4.96. The van der Waals surface area contributed by atoms with Crippen molar-refractivity contribution in [1.29, 1.82) is 0 Å². The first-order valence-corrected chi connectivity index (χ1v) is 8.95. The standard InChI is InChI=1S/C16H21Cl2N5O3/c1-4-6-7-23-13(19)11(14(24)20-16(23)26)22(5-2)15(25)10-8-9(17)12(18)21(10)3/h8H,4-7,19H2,1-3H3,(H,20,24,26). The van der Waals surface area contributed by atoms with Gasteiger partial charge in [-0.3, -0.25) is 24.0 Å². The summed E-state index contributed by atoms with van der Waals surface area (Å²) in [7, 11) is 1.59. The summed E-state index contributed by atoms with van der Waals surface area (Å²) in [5.74, 6) is -0.546. The number of unbranched alkanes of at least 4 members (excludes halogenated alkanes) is 1. The summed E-state index contributed by atoms with van der Waals surface area (Å²) in [5, 5.41) is 0.434. The van der Waals surface area contributed by atoms with Crippen LogP contribution in [0.25, 0.3) is 0 Å². The van der Waals surface area contributed by atoms with Gasteiger partial charge in [-0.2, -0.15) is 0 Å². The molecule has 10 heteroatoms. The lowest BCUT2D eigenvalue weighted by Gasteiger charge is -2.23. The third-order valence-electron chi connectivity index (χ3n) is 4.12. The maximum absolute atomic E-state index is 13.0. The van der Waals surface area contributed by atoms with E-state index in [9.17, 15) is 14.4 Å². The zero-order valence-electron chi connectivity index (χ0n) is 14.8. The molecule has 0 bridgehead atoms. The lowest BCUT2D eigenvalue weighted by atomic mass is 10.3. The van der Waals surface area contributed by atoms with Gasteiger partial charge in [-0.25, -0.2) is 4.79 Å². The van der Waals surface area contributed by atoms with Crippen LogP contribution in [-0.2, 0) is 13.6 Å². The predicted octanol–water partition coefficient (Wildman–Crippen LogP) is 2.23. The van der Waals surface area contributed by atoms with Gasteiger partial charge in [0.25, 0.3) is 11.5 Å². The second-order valence-corrected chi connectivity index (χ2v) is 6.54. The molecule has 142 valence electrons. The molecule has 26 heavy (non-hydrogen) atoms. The average Bonchev–Trinajstić information content (AvgIpc) is 2.85. The lowest BCUT2D eigenvalue weighted by Crippen LogP contribution is -2.41. The fourth-order valence-electron chi connectivity index (χ4n) is 2.67. The molecule has 0 fully saturated rings. The number of aromatic amines is 1. The van der Waals surface area contributed by atoms with Crippen LogP contribution in [0, 0.1) is 0 Å². The first-order chi connectivity index (χ1) is 12.2. The largest absolute Gasteiger partial charge is 0.383 e. The second kappa shape index (κ2) is 8.01. The average molecular weight is 402 g/mol. The van der Waals surface area contributed by atoms with Crippen LogP contribution in [0.1, 0.15) is 37.2 Å². The topological polar surface area (TPSA) is 106 Å². The zero-order valence-corrected chi connectivity index (χ0v) is 16.3. The summed E-state index contributed by atoms with van der Waals surface area (Å²) < 4.78 is 2.69. The third kappa shape index (κ3) is 3.52. The number of carbonyl (C=O) groups excluding carboxylic acids is 1. The van der Waals surface area contributed by atoms with Gasteiger partial charge in [-0.05, 0) is 19.4 Å². The summed E-state index contributed by atoms with van der Waals surface area (Å²) >= 11 is 12.0. The number of hydrogen-bond donors (Lipinski definition) is 2. The first kappa shape index (κ1) is 20.1. The molecule has 2 aromatic heterocycles. The van der Waals surface area contributed by atoms with E-state index in [0.29, 0.717) is 13.0 Å². The van der Waals surface area contributed by atoms with Gasteiger partial charge in [0.15, 0.2) is 5.69 Å². The van der Waals surface area contributed by atoms with Crippen LogP contribution < -0.4 is 21.9 Å². The summed E-state index contributed by atoms with van der Waals surface area (Å²) in [5.41, 5.74) is 4.89. The lowest BCUT2D eigenvalue weighted by molar-refractivity contribution is 0.0980. The van der Waals surface area contributed by atoms with E-state index in [1.54, 1.807) is 14.0 Å². The highest BCUT2D eigenvalue weighted by Crippen LogP contribution is 2.27. The molecule has 2 aromatic rings. The van der Waals surface area contributed by atoms with Crippen LogP contribution in [0.15, 0.2) is 15.7 Å². The number of halogens is 2. The van der Waals surface area contributed by atoms with E-state index in [1.165, 1.54) is 20.1 Å². The van der Waals surface area contributed by atoms with Crippen molar-refractivity contribution in [3.63, 3.8) is 0 Å². The van der Waals surface area contributed by atoms with Crippen molar-refractivity contribution in [3.05, 3.63) is 42.8 Å². The summed E-state index contributed by atoms with van der Waals surface area (Å²) in [6.45, 7) is 4.18. The molecule has 0 aliphatic rings. The van der Waals surface area contributed by atoms with E-state index in [1.807, 2.05) is 6.92 Å². The molecule has 0 radical (unpaired) electrons. The van der Waals surface area contributed by atoms with E-state index >= 15 is 0 Å². The molecule has 0 aliphatic carbocycles. The van der Waals surface area contributed by atoms with Crippen molar-refractivity contribution >= 4 is 40.6 Å². The maximum atomic E-state index is 13.0. The minimum atomic E-state index is -0.721. The molecule has 3 N–H and O–H groups in total. The molecular weight excluding hydrogens is 381 g/mol. The van der Waals surface area contributed by atoms with Crippen LogP contribution in [0.5, 0.6) is 0 Å². The fraction of sp³-hybridized carbons (Fsp3) is 0.438. The number of rotatable bonds is 6. The summed E-state index contributed by atoms with van der Waals surface area (Å²) in [4.78, 5) is 40.8. The number of anilines is 2. The predicted molar refractivity (Wildman–Crippen MR) is 103 cm³/mol. The van der Waals surface area contributed by atoms with E-state index in [2.05, 4.69) is 4.98 Å². The van der Waals surface area contributed by atoms with Gasteiger partial charge in [0.05, 0.1) is 5.02 Å². The highest BCUT2D eigenvalue weighted by Gasteiger charge is 2.26. The van der Waals surface area contributed by atoms with Gasteiger partial charge in [0.1, 0.15) is 16.7 Å². The molecule has 0 saturated heterocycles. The van der Waals surface area contributed by atoms with Gasteiger partial charge in [-0.1, -0.05) is 36.5 Å². The van der Waals surface area contributed by atoms with E-state index in [4.69, 9.17) is 28.9 Å². The van der Waals surface area contributed by atoms with Crippen molar-refractivity contribution < 1.29 is 4.79 Å². The Morgan fingerprint density at radius 2 is 1.96 bits per heavy atom. The molecule has 1 amide bonds. The van der Waals surface area contributed by atoms with Crippen LogP contribution in [0.2, 0.25) is 10.2 Å². The molecule has 0 unspecified atom stereocenters. The van der Waals surface area contributed by atoms with Gasteiger partial charge in [0.2, 0.25) is 0 Å². The molecule has 0 aromatic carbocycles. The van der Waals surface area contributed by atoms with Crippen molar-refractivity contribution in [2.24, 2.45) is 7.05 Å². The van der Waals surface area contributed by atoms with Crippen molar-refractivity contribution in [3.8, 4) is 0 Å². The number of nitrogens with one attached hydrogen (secondary N) is 1. The van der Waals surface area contributed by atoms with E-state index < -0.39 is 17.2 Å². The molecule has 0 atom stereocenters. The van der Waals surface area contributed by atoms with Gasteiger partial charge >= 0.3 is 5.69 Å². The fourth-order valence-corrected chi connectivity index (χ4v) is 3.04. The van der Waals surface area contributed by atoms with Crippen molar-refractivity contribution in [2.45, 2.75) is 33.2 Å². The molecule has 2 heterocycles. The van der Waals surface area contributed by atoms with Crippen LogP contribution in [-0.4, -0.2) is 26.6 Å². The van der Waals surface area contributed by atoms with Gasteiger partial charge in [0, 0.05) is 20.1 Å². The Labute approximate surface area is 160 Å². The summed E-state index contributed by atoms with van der Waals surface area (Å²) in [6.07, 6.45) is 1.55. The smallest absolute Gasteiger partial charge is 0.330 e. The number of nitrogens with zero attached hydrogens (tertiary/aromatic N) is 3. The Hall–Kier alpha value is -2.19. The number of aromatic nitrogens is 3. The molecule has 2 rings (SSSR count). The normalized spacial score (nSPS) is 11.0. The number of nitrogen functional groups attached to an aromatic ring is 1. The maximum Gasteiger partial charge on any atom is 0.330 e. The van der Waals surface area contributed by atoms with Crippen LogP contribution in [0.4, 0.5) is 11.5 Å². The van der Waals surface area contributed by atoms with Crippen LogP contribution >= 0.6 is 23.2 Å². The summed E-state index contributed by atoms with van der Waals surface area (Å²) in [6, 6.07) is 1.42. The Morgan fingerprint density at radius 3 is 2.46 bits per heavy atom. The highest BCUT2D eigenvalue weighted by molar-refractivity contribution is 6.42. The first-order valence-electron chi connectivity index (χ1n) is 8.19. The van der Waals surface area contributed by atoms with E-state index in [-0.39, 0.29) is 33.9 Å². The number of amides is 1. The van der Waals surface area contributed by atoms with Gasteiger partial charge in [-0.15, -0.1) is 0 Å². The Balaban J connectivity index is 2.60. The molecule has 0 aliphatic heterocycles. The molecule has 0 saturated carbocycles. The molecule has 0 spiro atoms. The minimum absolute atomic E-state index is 0.0474. The van der Waals surface area contributed by atoms with Crippen LogP contribution in [0.3, 0.4) is 0 Å². The molecular formula is C16H21Cl2N5O3. The Kier molecular flexibility index (Phi) is 6.20. The zero-order chi connectivity index (χ0) is 19.6. The molecule has 8 nitrogen and oxygen atoms in total. The quantitative estimate of drug-likeness (QED) is 0.773. The monoisotopic (exact) mass is 401 g/mol. The number of H-pyrrole nitrogens is 1. The Morgan fingerprint density at radius 1 is 1.31 bits per heavy atom. The minimum Gasteiger partial charge on any atom is -0.383 e. The Bertz CT molecular complexity index is 945. The highest BCUT2D eigenvalue weighted by atomic mass is 35.5. The number of nitrogens with two attached hydrogens (primary N) is 1. The number of hydrogen-bond acceptors (Lipinski definition) is 4. The van der Waals surface area contributed by atoms with E-state index in [0.717, 1.165) is 6.42 Å². The number of carbonyl (C=O) groups is 1. The SMILES string of the molecule is CCCCn1c(N)c(N(CC)C(=O)c2cc(Cl)c(Cl)n2C)c(=O)[nH]c1=O. The van der Waals surface area contributed by atoms with Crippen molar-refractivity contribution in [1.82, 2.24) is 14.1 Å². The van der Waals surface area contributed by atoms with Crippen molar-refractivity contribution in [2.75, 3.05) is 17.2 Å². The second-order valence-electron chi connectivity index (χ2n) is 5.78.